The smallest absolute Gasteiger partial charge is 0.131 e. The highest BCUT2D eigenvalue weighted by atomic mass is 16.5. The third-order valence-electron chi connectivity index (χ3n) is 2.34. The van der Waals surface area contributed by atoms with Gasteiger partial charge in [-0.3, -0.25) is 0 Å². The van der Waals surface area contributed by atoms with E-state index in [4.69, 9.17) is 15.2 Å². The molecule has 1 aromatic rings. The summed E-state index contributed by atoms with van der Waals surface area (Å²) in [6.45, 7) is 3.62. The quantitative estimate of drug-likeness (QED) is 0.749. The zero-order chi connectivity index (χ0) is 12.1. The van der Waals surface area contributed by atoms with Crippen molar-refractivity contribution in [2.75, 3.05) is 14.2 Å². The standard InChI is InChI=1S/C12H17NO3/c1-4-5-9(13)12-10(14)6-8(15-2)7-11(12)16-3/h4,6-7,9,14H,1,5,13H2,2-3H3/t9-/m1/s1. The molecule has 16 heavy (non-hydrogen) atoms. The van der Waals surface area contributed by atoms with Crippen LogP contribution in [0.3, 0.4) is 0 Å². The number of methoxy groups -OCH3 is 2. The summed E-state index contributed by atoms with van der Waals surface area (Å²) in [5, 5.41) is 9.86. The minimum atomic E-state index is -0.335. The van der Waals surface area contributed by atoms with Crippen LogP contribution in [0.2, 0.25) is 0 Å². The van der Waals surface area contributed by atoms with E-state index >= 15 is 0 Å². The van der Waals surface area contributed by atoms with Gasteiger partial charge in [0.25, 0.3) is 0 Å². The van der Waals surface area contributed by atoms with E-state index in [2.05, 4.69) is 6.58 Å². The number of rotatable bonds is 5. The maximum absolute atomic E-state index is 9.86. The summed E-state index contributed by atoms with van der Waals surface area (Å²) in [6.07, 6.45) is 2.27. The molecule has 1 rings (SSSR count). The van der Waals surface area contributed by atoms with E-state index in [0.717, 1.165) is 0 Å². The van der Waals surface area contributed by atoms with Crippen molar-refractivity contribution < 1.29 is 14.6 Å². The lowest BCUT2D eigenvalue weighted by molar-refractivity contribution is 0.375. The van der Waals surface area contributed by atoms with Crippen LogP contribution < -0.4 is 15.2 Å². The van der Waals surface area contributed by atoms with Crippen molar-refractivity contribution in [3.63, 3.8) is 0 Å². The first kappa shape index (κ1) is 12.4. The fraction of sp³-hybridized carbons (Fsp3) is 0.333. The molecule has 0 heterocycles. The summed E-state index contributed by atoms with van der Waals surface area (Å²) in [5.41, 5.74) is 6.49. The zero-order valence-electron chi connectivity index (χ0n) is 9.56. The zero-order valence-corrected chi connectivity index (χ0v) is 9.56. The number of hydrogen-bond donors (Lipinski definition) is 2. The monoisotopic (exact) mass is 223 g/mol. The molecule has 3 N–H and O–H groups in total. The predicted molar refractivity (Wildman–Crippen MR) is 63.0 cm³/mol. The van der Waals surface area contributed by atoms with Gasteiger partial charge in [0.2, 0.25) is 0 Å². The van der Waals surface area contributed by atoms with Crippen molar-refractivity contribution >= 4 is 0 Å². The van der Waals surface area contributed by atoms with Gasteiger partial charge >= 0.3 is 0 Å². The van der Waals surface area contributed by atoms with Gasteiger partial charge in [-0.2, -0.15) is 0 Å². The third-order valence-corrected chi connectivity index (χ3v) is 2.34. The minimum Gasteiger partial charge on any atom is -0.507 e. The maximum atomic E-state index is 9.86. The van der Waals surface area contributed by atoms with E-state index in [1.54, 1.807) is 12.1 Å². The lowest BCUT2D eigenvalue weighted by Crippen LogP contribution is -2.11. The van der Waals surface area contributed by atoms with E-state index < -0.39 is 0 Å². The second-order valence-corrected chi connectivity index (χ2v) is 3.39. The van der Waals surface area contributed by atoms with Gasteiger partial charge in [0.05, 0.1) is 19.8 Å². The average molecular weight is 223 g/mol. The van der Waals surface area contributed by atoms with Crippen LogP contribution in [0.15, 0.2) is 24.8 Å². The van der Waals surface area contributed by atoms with Gasteiger partial charge in [0.1, 0.15) is 17.2 Å². The van der Waals surface area contributed by atoms with E-state index in [-0.39, 0.29) is 11.8 Å². The Bertz CT molecular complexity index is 377. The Balaban J connectivity index is 3.20. The molecule has 88 valence electrons. The van der Waals surface area contributed by atoms with Crippen LogP contribution in [-0.4, -0.2) is 19.3 Å². The third kappa shape index (κ3) is 2.46. The molecule has 0 unspecified atom stereocenters. The molecule has 0 saturated carbocycles. The SMILES string of the molecule is C=CC[C@@H](N)c1c(O)cc(OC)cc1OC. The van der Waals surface area contributed by atoms with Crippen LogP contribution in [0, 0.1) is 0 Å². The number of phenolic OH excluding ortho intramolecular Hbond substituents is 1. The van der Waals surface area contributed by atoms with Crippen molar-refractivity contribution in [2.45, 2.75) is 12.5 Å². The normalized spacial score (nSPS) is 11.9. The van der Waals surface area contributed by atoms with E-state index in [9.17, 15) is 5.11 Å². The highest BCUT2D eigenvalue weighted by Gasteiger charge is 2.17. The molecule has 0 radical (unpaired) electrons. The molecule has 1 atom stereocenters. The number of hydrogen-bond acceptors (Lipinski definition) is 4. The van der Waals surface area contributed by atoms with Crippen LogP contribution in [-0.2, 0) is 0 Å². The Morgan fingerprint density at radius 3 is 2.62 bits per heavy atom. The molecule has 0 aliphatic carbocycles. The molecule has 0 aliphatic heterocycles. The van der Waals surface area contributed by atoms with Crippen molar-refractivity contribution in [3.8, 4) is 17.2 Å². The molecular weight excluding hydrogens is 206 g/mol. The molecule has 4 heteroatoms. The fourth-order valence-electron chi connectivity index (χ4n) is 1.54. The topological polar surface area (TPSA) is 64.7 Å². The molecule has 0 bridgehead atoms. The van der Waals surface area contributed by atoms with Crippen molar-refractivity contribution in [3.05, 3.63) is 30.4 Å². The molecule has 0 spiro atoms. The van der Waals surface area contributed by atoms with Crippen LogP contribution in [0.5, 0.6) is 17.2 Å². The first-order valence-electron chi connectivity index (χ1n) is 4.95. The van der Waals surface area contributed by atoms with Gasteiger partial charge in [-0.05, 0) is 6.42 Å². The number of phenols is 1. The Morgan fingerprint density at radius 2 is 2.12 bits per heavy atom. The molecule has 0 fully saturated rings. The lowest BCUT2D eigenvalue weighted by atomic mass is 10.0. The molecule has 0 aromatic heterocycles. The summed E-state index contributed by atoms with van der Waals surface area (Å²) in [4.78, 5) is 0. The molecule has 0 aliphatic rings. The maximum Gasteiger partial charge on any atom is 0.131 e. The largest absolute Gasteiger partial charge is 0.507 e. The summed E-state index contributed by atoms with van der Waals surface area (Å²) >= 11 is 0. The van der Waals surface area contributed by atoms with Gasteiger partial charge in [-0.15, -0.1) is 6.58 Å². The van der Waals surface area contributed by atoms with Gasteiger partial charge in [-0.25, -0.2) is 0 Å². The van der Waals surface area contributed by atoms with Crippen LogP contribution in [0.1, 0.15) is 18.0 Å². The molecule has 1 aromatic carbocycles. The van der Waals surface area contributed by atoms with Crippen LogP contribution in [0.25, 0.3) is 0 Å². The van der Waals surface area contributed by atoms with Gasteiger partial charge in [0.15, 0.2) is 0 Å². The Labute approximate surface area is 95.3 Å². The summed E-state index contributed by atoms with van der Waals surface area (Å²) in [6, 6.07) is 2.87. The predicted octanol–water partition coefficient (Wildman–Crippen LogP) is 1.99. The van der Waals surface area contributed by atoms with Gasteiger partial charge in [0, 0.05) is 18.2 Å². The Morgan fingerprint density at radius 1 is 1.44 bits per heavy atom. The van der Waals surface area contributed by atoms with E-state index in [1.807, 2.05) is 0 Å². The summed E-state index contributed by atoms with van der Waals surface area (Å²) < 4.78 is 10.2. The van der Waals surface area contributed by atoms with Gasteiger partial charge < -0.3 is 20.3 Å². The van der Waals surface area contributed by atoms with Crippen LogP contribution in [0.4, 0.5) is 0 Å². The number of nitrogens with two attached hydrogens (primary N) is 1. The number of benzene rings is 1. The Hall–Kier alpha value is -1.68. The van der Waals surface area contributed by atoms with E-state index in [0.29, 0.717) is 23.5 Å². The van der Waals surface area contributed by atoms with Crippen molar-refractivity contribution in [1.82, 2.24) is 0 Å². The molecule has 0 saturated heterocycles. The summed E-state index contributed by atoms with van der Waals surface area (Å²) in [7, 11) is 3.05. The minimum absolute atomic E-state index is 0.0746. The number of aromatic hydroxyl groups is 1. The first-order chi connectivity index (χ1) is 7.63. The second kappa shape index (κ2) is 5.42. The van der Waals surface area contributed by atoms with Gasteiger partial charge in [-0.1, -0.05) is 6.08 Å². The van der Waals surface area contributed by atoms with Crippen molar-refractivity contribution in [1.29, 1.82) is 0 Å². The average Bonchev–Trinajstić information content (AvgIpc) is 2.27. The fourth-order valence-corrected chi connectivity index (χ4v) is 1.54. The summed E-state index contributed by atoms with van der Waals surface area (Å²) in [5.74, 6) is 1.13. The van der Waals surface area contributed by atoms with E-state index in [1.165, 1.54) is 20.3 Å². The number of ether oxygens (including phenoxy) is 2. The molecular formula is C12H17NO3. The van der Waals surface area contributed by atoms with Crippen LogP contribution >= 0.6 is 0 Å². The molecule has 4 nitrogen and oxygen atoms in total. The molecule has 0 amide bonds. The van der Waals surface area contributed by atoms with Crippen molar-refractivity contribution in [2.24, 2.45) is 5.73 Å². The Kier molecular flexibility index (Phi) is 4.19. The first-order valence-corrected chi connectivity index (χ1v) is 4.95. The lowest BCUT2D eigenvalue weighted by Gasteiger charge is -2.17. The second-order valence-electron chi connectivity index (χ2n) is 3.39. The highest BCUT2D eigenvalue weighted by molar-refractivity contribution is 5.51. The highest BCUT2D eigenvalue weighted by Crippen LogP contribution is 2.37.